The predicted octanol–water partition coefficient (Wildman–Crippen LogP) is 3.15. The van der Waals surface area contributed by atoms with Crippen LogP contribution >= 0.6 is 15.9 Å². The second-order valence-corrected chi connectivity index (χ2v) is 5.28. The maximum absolute atomic E-state index is 13.5. The van der Waals surface area contributed by atoms with Crippen molar-refractivity contribution in [1.29, 1.82) is 0 Å². The summed E-state index contributed by atoms with van der Waals surface area (Å²) in [6.07, 6.45) is -0.737. The van der Waals surface area contributed by atoms with Gasteiger partial charge in [0.15, 0.2) is 5.78 Å². The first-order chi connectivity index (χ1) is 8.73. The Morgan fingerprint density at radius 1 is 1.42 bits per heavy atom. The van der Waals surface area contributed by atoms with Gasteiger partial charge in [0.05, 0.1) is 10.9 Å². The number of Topliss-reactive ketones (excluding diaryl/α,β-unsaturated/α-hetero) is 1. The molecule has 1 heterocycles. The second-order valence-electron chi connectivity index (χ2n) is 4.72. The molecule has 1 rings (SSSR count). The molecule has 0 bridgehead atoms. The van der Waals surface area contributed by atoms with Crippen molar-refractivity contribution in [2.24, 2.45) is 0 Å². The van der Waals surface area contributed by atoms with E-state index in [9.17, 15) is 14.0 Å². The van der Waals surface area contributed by atoms with Gasteiger partial charge in [-0.15, -0.1) is 0 Å². The minimum Gasteiger partial charge on any atom is -0.444 e. The third-order valence-corrected chi connectivity index (χ3v) is 2.41. The van der Waals surface area contributed by atoms with E-state index in [0.29, 0.717) is 0 Å². The maximum atomic E-state index is 13.5. The van der Waals surface area contributed by atoms with Crippen LogP contribution in [-0.2, 0) is 4.74 Å². The van der Waals surface area contributed by atoms with Crippen molar-refractivity contribution >= 4 is 33.6 Å². The molecule has 0 saturated carbocycles. The number of hydrogen-bond donors (Lipinski definition) is 1. The van der Waals surface area contributed by atoms with Crippen LogP contribution in [0.2, 0.25) is 0 Å². The number of pyridine rings is 1. The molecule has 5 nitrogen and oxygen atoms in total. The molecule has 0 spiro atoms. The van der Waals surface area contributed by atoms with E-state index in [1.54, 1.807) is 20.8 Å². The minimum absolute atomic E-state index is 0.00441. The number of carbonyl (C=O) groups is 2. The van der Waals surface area contributed by atoms with E-state index in [2.05, 4.69) is 26.2 Å². The number of nitrogens with one attached hydrogen (secondary N) is 1. The zero-order valence-corrected chi connectivity index (χ0v) is 12.4. The lowest BCUT2D eigenvalue weighted by molar-refractivity contribution is 0.0635. The minimum atomic E-state index is -0.932. The number of aromatic nitrogens is 1. The topological polar surface area (TPSA) is 68.3 Å². The van der Waals surface area contributed by atoms with Crippen LogP contribution in [0.5, 0.6) is 0 Å². The number of ketones is 1. The van der Waals surface area contributed by atoms with Gasteiger partial charge in [0.25, 0.3) is 0 Å². The number of rotatable bonds is 3. The zero-order chi connectivity index (χ0) is 14.6. The van der Waals surface area contributed by atoms with Crippen LogP contribution in [0.4, 0.5) is 15.0 Å². The van der Waals surface area contributed by atoms with Crippen molar-refractivity contribution in [2.75, 3.05) is 10.6 Å². The SMILES string of the molecule is CC(C)(C)OC(=O)Nc1ccc(C(=O)CBr)c(F)n1. The summed E-state index contributed by atoms with van der Waals surface area (Å²) < 4.78 is 18.5. The lowest BCUT2D eigenvalue weighted by Gasteiger charge is -2.19. The number of alkyl halides is 1. The zero-order valence-electron chi connectivity index (χ0n) is 10.8. The largest absolute Gasteiger partial charge is 0.444 e. The van der Waals surface area contributed by atoms with Crippen LogP contribution in [0, 0.1) is 5.95 Å². The Bertz CT molecular complexity index is 500. The molecule has 1 aromatic heterocycles. The Kier molecular flexibility index (Phi) is 4.99. The highest BCUT2D eigenvalue weighted by Gasteiger charge is 2.18. The Hall–Kier alpha value is -1.50. The molecule has 7 heteroatoms. The molecule has 19 heavy (non-hydrogen) atoms. The van der Waals surface area contributed by atoms with Crippen molar-refractivity contribution in [2.45, 2.75) is 26.4 Å². The van der Waals surface area contributed by atoms with Crippen molar-refractivity contribution in [1.82, 2.24) is 4.98 Å². The number of carbonyl (C=O) groups excluding carboxylic acids is 2. The number of anilines is 1. The number of hydrogen-bond acceptors (Lipinski definition) is 4. The van der Waals surface area contributed by atoms with Gasteiger partial charge >= 0.3 is 6.09 Å². The molecule has 0 atom stereocenters. The number of amides is 1. The Morgan fingerprint density at radius 3 is 2.53 bits per heavy atom. The fraction of sp³-hybridized carbons (Fsp3) is 0.417. The number of ether oxygens (including phenoxy) is 1. The maximum Gasteiger partial charge on any atom is 0.413 e. The summed E-state index contributed by atoms with van der Waals surface area (Å²) in [4.78, 5) is 26.3. The summed E-state index contributed by atoms with van der Waals surface area (Å²) in [5, 5.41) is 2.29. The fourth-order valence-corrected chi connectivity index (χ4v) is 1.49. The lowest BCUT2D eigenvalue weighted by Crippen LogP contribution is -2.27. The van der Waals surface area contributed by atoms with Gasteiger partial charge in [-0.1, -0.05) is 15.9 Å². The van der Waals surface area contributed by atoms with E-state index in [1.165, 1.54) is 12.1 Å². The second kappa shape index (κ2) is 6.10. The van der Waals surface area contributed by atoms with Gasteiger partial charge in [0, 0.05) is 0 Å². The molecule has 0 radical (unpaired) electrons. The summed E-state index contributed by atoms with van der Waals surface area (Å²) in [5.74, 6) is -1.37. The molecule has 1 amide bonds. The molecule has 0 fully saturated rings. The van der Waals surface area contributed by atoms with Crippen molar-refractivity contribution < 1.29 is 18.7 Å². The smallest absolute Gasteiger partial charge is 0.413 e. The van der Waals surface area contributed by atoms with Crippen LogP contribution in [0.3, 0.4) is 0 Å². The third kappa shape index (κ3) is 4.94. The van der Waals surface area contributed by atoms with E-state index in [-0.39, 0.29) is 16.7 Å². The molecule has 1 aromatic rings. The van der Waals surface area contributed by atoms with Gasteiger partial charge < -0.3 is 4.74 Å². The molecular weight excluding hydrogens is 319 g/mol. The number of halogens is 2. The van der Waals surface area contributed by atoms with Crippen LogP contribution in [-0.4, -0.2) is 27.8 Å². The highest BCUT2D eigenvalue weighted by atomic mass is 79.9. The molecule has 0 saturated heterocycles. The van der Waals surface area contributed by atoms with Gasteiger partial charge in [-0.25, -0.2) is 9.78 Å². The van der Waals surface area contributed by atoms with Crippen LogP contribution in [0.25, 0.3) is 0 Å². The normalized spacial score (nSPS) is 11.0. The van der Waals surface area contributed by atoms with Gasteiger partial charge in [-0.05, 0) is 32.9 Å². The van der Waals surface area contributed by atoms with Gasteiger partial charge in [0.2, 0.25) is 5.95 Å². The first-order valence-electron chi connectivity index (χ1n) is 5.48. The highest BCUT2D eigenvalue weighted by Crippen LogP contribution is 2.13. The third-order valence-electron chi connectivity index (χ3n) is 1.90. The standard InChI is InChI=1S/C12H14BrFN2O3/c1-12(2,3)19-11(18)16-9-5-4-7(8(17)6-13)10(14)15-9/h4-5H,6H2,1-3H3,(H,15,16,18). The summed E-state index contributed by atoms with van der Waals surface area (Å²) in [6.45, 7) is 5.12. The Balaban J connectivity index is 2.79. The average molecular weight is 333 g/mol. The van der Waals surface area contributed by atoms with E-state index < -0.39 is 23.4 Å². The molecule has 0 aromatic carbocycles. The molecule has 0 aliphatic heterocycles. The summed E-state index contributed by atoms with van der Waals surface area (Å²) in [7, 11) is 0. The Morgan fingerprint density at radius 2 is 2.05 bits per heavy atom. The summed E-state index contributed by atoms with van der Waals surface area (Å²) in [6, 6.07) is 2.60. The molecule has 104 valence electrons. The van der Waals surface area contributed by atoms with E-state index in [1.807, 2.05) is 0 Å². The summed E-state index contributed by atoms with van der Waals surface area (Å²) in [5.41, 5.74) is -0.791. The molecule has 0 unspecified atom stereocenters. The molecule has 0 aliphatic carbocycles. The predicted molar refractivity (Wildman–Crippen MR) is 72.2 cm³/mol. The molecule has 1 N–H and O–H groups in total. The van der Waals surface area contributed by atoms with E-state index >= 15 is 0 Å². The van der Waals surface area contributed by atoms with Gasteiger partial charge in [0.1, 0.15) is 11.4 Å². The average Bonchev–Trinajstić information content (AvgIpc) is 2.25. The van der Waals surface area contributed by atoms with Crippen molar-refractivity contribution in [3.8, 4) is 0 Å². The quantitative estimate of drug-likeness (QED) is 0.524. The highest BCUT2D eigenvalue weighted by molar-refractivity contribution is 9.09. The first kappa shape index (κ1) is 15.6. The van der Waals surface area contributed by atoms with Crippen LogP contribution in [0.1, 0.15) is 31.1 Å². The monoisotopic (exact) mass is 332 g/mol. The van der Waals surface area contributed by atoms with Crippen LogP contribution < -0.4 is 5.32 Å². The molecule has 0 aliphatic rings. The van der Waals surface area contributed by atoms with Crippen LogP contribution in [0.15, 0.2) is 12.1 Å². The Labute approximate surface area is 118 Å². The lowest BCUT2D eigenvalue weighted by atomic mass is 10.2. The van der Waals surface area contributed by atoms with Crippen molar-refractivity contribution in [3.63, 3.8) is 0 Å². The summed E-state index contributed by atoms with van der Waals surface area (Å²) >= 11 is 2.94. The van der Waals surface area contributed by atoms with E-state index in [0.717, 1.165) is 0 Å². The first-order valence-corrected chi connectivity index (χ1v) is 6.61. The van der Waals surface area contributed by atoms with Gasteiger partial charge in [-0.2, -0.15) is 4.39 Å². The van der Waals surface area contributed by atoms with Crippen molar-refractivity contribution in [3.05, 3.63) is 23.6 Å². The fourth-order valence-electron chi connectivity index (χ4n) is 1.19. The van der Waals surface area contributed by atoms with Gasteiger partial charge in [-0.3, -0.25) is 10.1 Å². The van der Waals surface area contributed by atoms with E-state index in [4.69, 9.17) is 4.74 Å². The molecular formula is C12H14BrFN2O3. The number of nitrogens with zero attached hydrogens (tertiary/aromatic N) is 1.